The van der Waals surface area contributed by atoms with Gasteiger partial charge in [0.2, 0.25) is 11.9 Å². The van der Waals surface area contributed by atoms with Crippen molar-refractivity contribution in [2.45, 2.75) is 6.92 Å². The van der Waals surface area contributed by atoms with E-state index in [0.717, 1.165) is 6.54 Å². The van der Waals surface area contributed by atoms with E-state index in [1.165, 1.54) is 4.90 Å². The Morgan fingerprint density at radius 2 is 2.19 bits per heavy atom. The van der Waals surface area contributed by atoms with E-state index in [0.29, 0.717) is 11.8 Å². The Morgan fingerprint density at radius 3 is 2.81 bits per heavy atom. The summed E-state index contributed by atoms with van der Waals surface area (Å²) >= 11 is 0. The summed E-state index contributed by atoms with van der Waals surface area (Å²) in [4.78, 5) is 21.1. The summed E-state index contributed by atoms with van der Waals surface area (Å²) in [5.74, 6) is 1.20. The van der Waals surface area contributed by atoms with Crippen molar-refractivity contribution in [1.29, 1.82) is 0 Å². The second kappa shape index (κ2) is 5.89. The van der Waals surface area contributed by atoms with Gasteiger partial charge in [0.15, 0.2) is 0 Å². The van der Waals surface area contributed by atoms with Crippen molar-refractivity contribution in [1.82, 2.24) is 14.9 Å². The molecular formula is C10H17N5O. The summed E-state index contributed by atoms with van der Waals surface area (Å²) in [5.41, 5.74) is 0. The van der Waals surface area contributed by atoms with Crippen LogP contribution >= 0.6 is 0 Å². The van der Waals surface area contributed by atoms with Gasteiger partial charge in [-0.1, -0.05) is 0 Å². The first-order valence-corrected chi connectivity index (χ1v) is 5.14. The van der Waals surface area contributed by atoms with Crippen molar-refractivity contribution in [2.24, 2.45) is 0 Å². The van der Waals surface area contributed by atoms with Crippen molar-refractivity contribution < 1.29 is 4.79 Å². The fraction of sp³-hybridized carbons (Fsp3) is 0.500. The van der Waals surface area contributed by atoms with Gasteiger partial charge in [0.1, 0.15) is 5.82 Å². The minimum Gasteiger partial charge on any atom is -0.361 e. The fourth-order valence-corrected chi connectivity index (χ4v) is 1.02. The predicted molar refractivity (Wildman–Crippen MR) is 63.4 cm³/mol. The minimum absolute atomic E-state index is 0.00335. The van der Waals surface area contributed by atoms with Crippen LogP contribution in [-0.2, 0) is 4.79 Å². The van der Waals surface area contributed by atoms with Gasteiger partial charge >= 0.3 is 0 Å². The molecule has 0 bridgehead atoms. The number of anilines is 2. The monoisotopic (exact) mass is 223 g/mol. The molecule has 0 saturated carbocycles. The van der Waals surface area contributed by atoms with E-state index in [2.05, 4.69) is 20.6 Å². The highest BCUT2D eigenvalue weighted by atomic mass is 16.2. The van der Waals surface area contributed by atoms with E-state index in [1.807, 2.05) is 6.92 Å². The molecule has 6 nitrogen and oxygen atoms in total. The van der Waals surface area contributed by atoms with Gasteiger partial charge in [-0.2, -0.15) is 4.98 Å². The molecule has 1 heterocycles. The Kier molecular flexibility index (Phi) is 4.50. The second-order valence-corrected chi connectivity index (χ2v) is 3.44. The molecule has 0 unspecified atom stereocenters. The highest BCUT2D eigenvalue weighted by Crippen LogP contribution is 2.04. The van der Waals surface area contributed by atoms with Gasteiger partial charge in [0.05, 0.1) is 6.54 Å². The number of carbonyl (C=O) groups is 1. The summed E-state index contributed by atoms with van der Waals surface area (Å²) in [6.45, 7) is 2.97. The SMILES string of the molecule is CCNc1nccc(NCC(=O)N(C)C)n1. The Morgan fingerprint density at radius 1 is 1.44 bits per heavy atom. The van der Waals surface area contributed by atoms with Crippen LogP contribution in [0.1, 0.15) is 6.92 Å². The lowest BCUT2D eigenvalue weighted by atomic mass is 10.5. The van der Waals surface area contributed by atoms with Crippen LogP contribution in [0, 0.1) is 0 Å². The number of rotatable bonds is 5. The number of likely N-dealkylation sites (N-methyl/N-ethyl adjacent to an activating group) is 1. The van der Waals surface area contributed by atoms with Crippen LogP contribution in [0.4, 0.5) is 11.8 Å². The first-order valence-electron chi connectivity index (χ1n) is 5.14. The zero-order valence-corrected chi connectivity index (χ0v) is 9.82. The Bertz CT molecular complexity index is 353. The average Bonchev–Trinajstić information content (AvgIpc) is 2.26. The number of amides is 1. The molecule has 1 aromatic heterocycles. The minimum atomic E-state index is 0.00335. The molecule has 1 amide bonds. The lowest BCUT2D eigenvalue weighted by Gasteiger charge is -2.11. The van der Waals surface area contributed by atoms with Crippen LogP contribution in [0.5, 0.6) is 0 Å². The van der Waals surface area contributed by atoms with E-state index >= 15 is 0 Å². The van der Waals surface area contributed by atoms with Gasteiger partial charge in [0.25, 0.3) is 0 Å². The summed E-state index contributed by atoms with van der Waals surface area (Å²) < 4.78 is 0. The Hall–Kier alpha value is -1.85. The van der Waals surface area contributed by atoms with Crippen LogP contribution < -0.4 is 10.6 Å². The molecule has 0 atom stereocenters. The largest absolute Gasteiger partial charge is 0.361 e. The average molecular weight is 223 g/mol. The molecule has 16 heavy (non-hydrogen) atoms. The lowest BCUT2D eigenvalue weighted by molar-refractivity contribution is -0.126. The molecule has 0 aliphatic carbocycles. The van der Waals surface area contributed by atoms with Crippen molar-refractivity contribution in [2.75, 3.05) is 37.8 Å². The highest BCUT2D eigenvalue weighted by Gasteiger charge is 2.04. The lowest BCUT2D eigenvalue weighted by Crippen LogP contribution is -2.28. The van der Waals surface area contributed by atoms with E-state index in [-0.39, 0.29) is 12.5 Å². The number of aromatic nitrogens is 2. The van der Waals surface area contributed by atoms with Gasteiger partial charge in [-0.15, -0.1) is 0 Å². The maximum Gasteiger partial charge on any atom is 0.241 e. The fourth-order valence-electron chi connectivity index (χ4n) is 1.02. The summed E-state index contributed by atoms with van der Waals surface area (Å²) in [5, 5.41) is 5.94. The van der Waals surface area contributed by atoms with Gasteiger partial charge < -0.3 is 15.5 Å². The molecule has 0 saturated heterocycles. The molecule has 0 radical (unpaired) electrons. The number of carbonyl (C=O) groups excluding carboxylic acids is 1. The topological polar surface area (TPSA) is 70.2 Å². The Labute approximate surface area is 95.1 Å². The maximum atomic E-state index is 11.3. The molecule has 0 aliphatic heterocycles. The number of hydrogen-bond donors (Lipinski definition) is 2. The molecule has 0 aliphatic rings. The van der Waals surface area contributed by atoms with Crippen molar-refractivity contribution in [3.8, 4) is 0 Å². The van der Waals surface area contributed by atoms with Crippen molar-refractivity contribution >= 4 is 17.7 Å². The van der Waals surface area contributed by atoms with Crippen LogP contribution in [0.3, 0.4) is 0 Å². The molecule has 0 aromatic carbocycles. The molecule has 1 aromatic rings. The van der Waals surface area contributed by atoms with Crippen LogP contribution in [0.2, 0.25) is 0 Å². The van der Waals surface area contributed by atoms with Crippen LogP contribution in [-0.4, -0.2) is 48.0 Å². The predicted octanol–water partition coefficient (Wildman–Crippen LogP) is 0.408. The summed E-state index contributed by atoms with van der Waals surface area (Å²) in [7, 11) is 3.43. The zero-order chi connectivity index (χ0) is 12.0. The smallest absolute Gasteiger partial charge is 0.241 e. The van der Waals surface area contributed by atoms with Crippen LogP contribution in [0.25, 0.3) is 0 Å². The highest BCUT2D eigenvalue weighted by molar-refractivity contribution is 5.80. The molecule has 88 valence electrons. The summed E-state index contributed by atoms with van der Waals surface area (Å²) in [6, 6.07) is 1.73. The normalized spacial score (nSPS) is 9.69. The number of hydrogen-bond acceptors (Lipinski definition) is 5. The van der Waals surface area contributed by atoms with E-state index in [9.17, 15) is 4.79 Å². The number of nitrogens with zero attached hydrogens (tertiary/aromatic N) is 3. The second-order valence-electron chi connectivity index (χ2n) is 3.44. The van der Waals surface area contributed by atoms with Gasteiger partial charge in [-0.25, -0.2) is 4.98 Å². The molecule has 0 fully saturated rings. The zero-order valence-electron chi connectivity index (χ0n) is 9.82. The molecule has 2 N–H and O–H groups in total. The third-order valence-corrected chi connectivity index (χ3v) is 1.91. The first-order chi connectivity index (χ1) is 7.63. The van der Waals surface area contributed by atoms with E-state index in [1.54, 1.807) is 26.4 Å². The van der Waals surface area contributed by atoms with Crippen LogP contribution in [0.15, 0.2) is 12.3 Å². The Balaban J connectivity index is 2.53. The standard InChI is InChI=1S/C10H17N5O/c1-4-11-10-12-6-5-8(14-10)13-7-9(16)15(2)3/h5-6H,4,7H2,1-3H3,(H2,11,12,13,14). The number of nitrogens with one attached hydrogen (secondary N) is 2. The summed E-state index contributed by atoms with van der Waals surface area (Å²) in [6.07, 6.45) is 1.65. The third kappa shape index (κ3) is 3.72. The molecule has 1 rings (SSSR count). The van der Waals surface area contributed by atoms with Gasteiger partial charge in [-0.05, 0) is 13.0 Å². The quantitative estimate of drug-likeness (QED) is 0.756. The van der Waals surface area contributed by atoms with Crippen molar-refractivity contribution in [3.63, 3.8) is 0 Å². The third-order valence-electron chi connectivity index (χ3n) is 1.91. The molecule has 6 heteroatoms. The molecule has 0 spiro atoms. The van der Waals surface area contributed by atoms with Gasteiger partial charge in [0, 0.05) is 26.8 Å². The maximum absolute atomic E-state index is 11.3. The van der Waals surface area contributed by atoms with E-state index in [4.69, 9.17) is 0 Å². The van der Waals surface area contributed by atoms with Gasteiger partial charge in [-0.3, -0.25) is 4.79 Å². The van der Waals surface area contributed by atoms with E-state index < -0.39 is 0 Å². The molecular weight excluding hydrogens is 206 g/mol. The first kappa shape index (κ1) is 12.2. The van der Waals surface area contributed by atoms with Crippen molar-refractivity contribution in [3.05, 3.63) is 12.3 Å².